The van der Waals surface area contributed by atoms with Crippen molar-refractivity contribution in [3.63, 3.8) is 0 Å². The van der Waals surface area contributed by atoms with E-state index in [9.17, 15) is 4.79 Å². The van der Waals surface area contributed by atoms with E-state index in [1.54, 1.807) is 10.9 Å². The van der Waals surface area contributed by atoms with E-state index < -0.39 is 0 Å². The molecule has 2 rings (SSSR count). The zero-order chi connectivity index (χ0) is 14.4. The molecule has 20 heavy (non-hydrogen) atoms. The SMILES string of the molecule is CC(Nc1cnn(CC(=O)NCCO)c1)C1CCCC1. The fraction of sp³-hybridized carbons (Fsp3) is 0.714. The summed E-state index contributed by atoms with van der Waals surface area (Å²) < 4.78 is 1.61. The fourth-order valence-electron chi connectivity index (χ4n) is 2.76. The Bertz CT molecular complexity index is 427. The molecule has 1 fully saturated rings. The van der Waals surface area contributed by atoms with Gasteiger partial charge in [0.25, 0.3) is 0 Å². The molecule has 1 heterocycles. The highest BCUT2D eigenvalue weighted by Crippen LogP contribution is 2.29. The van der Waals surface area contributed by atoms with Crippen LogP contribution in [-0.2, 0) is 11.3 Å². The fourth-order valence-corrected chi connectivity index (χ4v) is 2.76. The first-order chi connectivity index (χ1) is 9.69. The molecule has 1 amide bonds. The summed E-state index contributed by atoms with van der Waals surface area (Å²) >= 11 is 0. The molecule has 6 nitrogen and oxygen atoms in total. The maximum absolute atomic E-state index is 11.5. The van der Waals surface area contributed by atoms with Crippen molar-refractivity contribution >= 4 is 11.6 Å². The normalized spacial score (nSPS) is 17.1. The Morgan fingerprint density at radius 2 is 2.30 bits per heavy atom. The summed E-state index contributed by atoms with van der Waals surface area (Å²) in [6.07, 6.45) is 8.87. The summed E-state index contributed by atoms with van der Waals surface area (Å²) in [7, 11) is 0. The number of aliphatic hydroxyl groups is 1. The van der Waals surface area contributed by atoms with E-state index in [0.29, 0.717) is 6.04 Å². The second kappa shape index (κ2) is 7.28. The monoisotopic (exact) mass is 280 g/mol. The first-order valence-electron chi connectivity index (χ1n) is 7.35. The van der Waals surface area contributed by atoms with Gasteiger partial charge < -0.3 is 15.7 Å². The number of carbonyl (C=O) groups is 1. The maximum Gasteiger partial charge on any atom is 0.241 e. The number of amides is 1. The summed E-state index contributed by atoms with van der Waals surface area (Å²) in [5, 5.41) is 18.9. The van der Waals surface area contributed by atoms with Crippen LogP contribution in [0.5, 0.6) is 0 Å². The van der Waals surface area contributed by atoms with E-state index in [4.69, 9.17) is 5.11 Å². The Kier molecular flexibility index (Phi) is 5.40. The molecule has 0 saturated heterocycles. The van der Waals surface area contributed by atoms with Gasteiger partial charge in [-0.15, -0.1) is 0 Å². The van der Waals surface area contributed by atoms with Crippen molar-refractivity contribution in [3.8, 4) is 0 Å². The Morgan fingerprint density at radius 1 is 1.55 bits per heavy atom. The molecule has 1 unspecified atom stereocenters. The van der Waals surface area contributed by atoms with Gasteiger partial charge in [-0.3, -0.25) is 9.48 Å². The van der Waals surface area contributed by atoms with Crippen LogP contribution in [0.4, 0.5) is 5.69 Å². The van der Waals surface area contributed by atoms with E-state index in [-0.39, 0.29) is 25.6 Å². The van der Waals surface area contributed by atoms with Gasteiger partial charge in [-0.1, -0.05) is 12.8 Å². The van der Waals surface area contributed by atoms with Gasteiger partial charge in [-0.2, -0.15) is 5.10 Å². The standard InChI is InChI=1S/C14H24N4O2/c1-11(12-4-2-3-5-12)17-13-8-16-18(9-13)10-14(20)15-6-7-19/h8-9,11-12,17,19H,2-7,10H2,1H3,(H,15,20). The van der Waals surface area contributed by atoms with E-state index in [2.05, 4.69) is 22.7 Å². The second-order valence-corrected chi connectivity index (χ2v) is 5.48. The molecular weight excluding hydrogens is 256 g/mol. The lowest BCUT2D eigenvalue weighted by atomic mass is 10.00. The number of rotatable bonds is 7. The van der Waals surface area contributed by atoms with Crippen LogP contribution < -0.4 is 10.6 Å². The highest BCUT2D eigenvalue weighted by Gasteiger charge is 2.21. The van der Waals surface area contributed by atoms with Gasteiger partial charge >= 0.3 is 0 Å². The molecule has 0 aromatic carbocycles. The summed E-state index contributed by atoms with van der Waals surface area (Å²) in [6, 6.07) is 0.443. The molecule has 0 bridgehead atoms. The van der Waals surface area contributed by atoms with Gasteiger partial charge in [0.15, 0.2) is 0 Å². The van der Waals surface area contributed by atoms with Crippen molar-refractivity contribution in [1.82, 2.24) is 15.1 Å². The van der Waals surface area contributed by atoms with Crippen molar-refractivity contribution in [2.24, 2.45) is 5.92 Å². The van der Waals surface area contributed by atoms with Crippen molar-refractivity contribution in [2.45, 2.75) is 45.2 Å². The zero-order valence-corrected chi connectivity index (χ0v) is 12.0. The number of hydrogen-bond acceptors (Lipinski definition) is 4. The number of hydrogen-bond donors (Lipinski definition) is 3. The number of nitrogens with zero attached hydrogens (tertiary/aromatic N) is 2. The van der Waals surface area contributed by atoms with Crippen molar-refractivity contribution < 1.29 is 9.90 Å². The molecule has 1 saturated carbocycles. The molecule has 0 radical (unpaired) electrons. The second-order valence-electron chi connectivity index (χ2n) is 5.48. The minimum Gasteiger partial charge on any atom is -0.395 e. The molecule has 0 aliphatic heterocycles. The van der Waals surface area contributed by atoms with E-state index in [1.807, 2.05) is 6.20 Å². The van der Waals surface area contributed by atoms with Gasteiger partial charge in [0.2, 0.25) is 5.91 Å². The molecule has 6 heteroatoms. The van der Waals surface area contributed by atoms with Crippen LogP contribution >= 0.6 is 0 Å². The van der Waals surface area contributed by atoms with Gasteiger partial charge in [-0.05, 0) is 25.7 Å². The van der Waals surface area contributed by atoms with Crippen molar-refractivity contribution in [1.29, 1.82) is 0 Å². The lowest BCUT2D eigenvalue weighted by Gasteiger charge is -2.20. The van der Waals surface area contributed by atoms with E-state index in [1.165, 1.54) is 25.7 Å². The molecule has 3 N–H and O–H groups in total. The first-order valence-corrected chi connectivity index (χ1v) is 7.35. The number of nitrogens with one attached hydrogen (secondary N) is 2. The maximum atomic E-state index is 11.5. The predicted molar refractivity (Wildman–Crippen MR) is 77.4 cm³/mol. The van der Waals surface area contributed by atoms with E-state index in [0.717, 1.165) is 11.6 Å². The molecule has 1 aromatic heterocycles. The Labute approximate surface area is 119 Å². The van der Waals surface area contributed by atoms with Gasteiger partial charge in [0.1, 0.15) is 6.54 Å². The third kappa shape index (κ3) is 4.23. The van der Waals surface area contributed by atoms with Crippen LogP contribution in [-0.4, -0.2) is 40.0 Å². The number of anilines is 1. The Morgan fingerprint density at radius 3 is 3.00 bits per heavy atom. The minimum absolute atomic E-state index is 0.0451. The number of aromatic nitrogens is 2. The summed E-state index contributed by atoms with van der Waals surface area (Å²) in [4.78, 5) is 11.5. The van der Waals surface area contributed by atoms with Crippen molar-refractivity contribution in [3.05, 3.63) is 12.4 Å². The predicted octanol–water partition coefficient (Wildman–Crippen LogP) is 0.982. The smallest absolute Gasteiger partial charge is 0.241 e. The molecular formula is C14H24N4O2. The molecule has 0 spiro atoms. The summed E-state index contributed by atoms with van der Waals surface area (Å²) in [5.74, 6) is 0.601. The largest absolute Gasteiger partial charge is 0.395 e. The van der Waals surface area contributed by atoms with Crippen LogP contribution in [0.15, 0.2) is 12.4 Å². The lowest BCUT2D eigenvalue weighted by Crippen LogP contribution is -2.30. The molecule has 1 aromatic rings. The van der Waals surface area contributed by atoms with Crippen molar-refractivity contribution in [2.75, 3.05) is 18.5 Å². The minimum atomic E-state index is -0.141. The quantitative estimate of drug-likeness (QED) is 0.695. The zero-order valence-electron chi connectivity index (χ0n) is 12.0. The Balaban J connectivity index is 1.80. The third-order valence-corrected chi connectivity index (χ3v) is 3.87. The molecule has 112 valence electrons. The van der Waals surface area contributed by atoms with Crippen LogP contribution in [0, 0.1) is 5.92 Å². The molecule has 1 atom stereocenters. The molecule has 1 aliphatic rings. The molecule has 1 aliphatic carbocycles. The average molecular weight is 280 g/mol. The van der Waals surface area contributed by atoms with Crippen LogP contribution in [0.3, 0.4) is 0 Å². The first kappa shape index (κ1) is 14.8. The number of carbonyl (C=O) groups excluding carboxylic acids is 1. The number of aliphatic hydroxyl groups excluding tert-OH is 1. The lowest BCUT2D eigenvalue weighted by molar-refractivity contribution is -0.122. The van der Waals surface area contributed by atoms with E-state index >= 15 is 0 Å². The Hall–Kier alpha value is -1.56. The summed E-state index contributed by atoms with van der Waals surface area (Å²) in [6.45, 7) is 2.63. The van der Waals surface area contributed by atoms with Crippen LogP contribution in [0.25, 0.3) is 0 Å². The average Bonchev–Trinajstić information content (AvgIpc) is 3.08. The topological polar surface area (TPSA) is 79.2 Å². The van der Waals surface area contributed by atoms with Gasteiger partial charge in [0, 0.05) is 18.8 Å². The van der Waals surface area contributed by atoms with Gasteiger partial charge in [-0.25, -0.2) is 0 Å². The highest BCUT2D eigenvalue weighted by molar-refractivity contribution is 5.75. The van der Waals surface area contributed by atoms with Crippen LogP contribution in [0.2, 0.25) is 0 Å². The third-order valence-electron chi connectivity index (χ3n) is 3.87. The van der Waals surface area contributed by atoms with Crippen LogP contribution in [0.1, 0.15) is 32.6 Å². The van der Waals surface area contributed by atoms with Gasteiger partial charge in [0.05, 0.1) is 18.5 Å². The summed E-state index contributed by atoms with van der Waals surface area (Å²) in [5.41, 5.74) is 0.958. The highest BCUT2D eigenvalue weighted by atomic mass is 16.3.